The topological polar surface area (TPSA) is 105 Å². The molecule has 1 aliphatic rings. The summed E-state index contributed by atoms with van der Waals surface area (Å²) in [7, 11) is 0. The maximum Gasteiger partial charge on any atom is 0.311 e. The minimum atomic E-state index is -0.908. The van der Waals surface area contributed by atoms with Gasteiger partial charge in [-0.2, -0.15) is 0 Å². The van der Waals surface area contributed by atoms with E-state index < -0.39 is 11.4 Å². The predicted molar refractivity (Wildman–Crippen MR) is 98.2 cm³/mol. The summed E-state index contributed by atoms with van der Waals surface area (Å²) >= 11 is 0. The van der Waals surface area contributed by atoms with Crippen molar-refractivity contribution in [3.05, 3.63) is 48.5 Å². The SMILES string of the molecule is CC1(C(=O)O)CCN(C(=O)c2cccc(NC(=O)CCn3ccnc3)c2)C1. The number of hydrogen-bond acceptors (Lipinski definition) is 4. The van der Waals surface area contributed by atoms with E-state index in [0.29, 0.717) is 30.8 Å². The molecule has 2 amide bonds. The monoisotopic (exact) mass is 370 g/mol. The summed E-state index contributed by atoms with van der Waals surface area (Å²) in [6, 6.07) is 6.70. The molecule has 0 spiro atoms. The fourth-order valence-electron chi connectivity index (χ4n) is 3.09. The van der Waals surface area contributed by atoms with Gasteiger partial charge in [0.1, 0.15) is 0 Å². The average Bonchev–Trinajstić information content (AvgIpc) is 3.30. The van der Waals surface area contributed by atoms with Crippen LogP contribution >= 0.6 is 0 Å². The molecule has 3 rings (SSSR count). The van der Waals surface area contributed by atoms with Gasteiger partial charge in [0.05, 0.1) is 11.7 Å². The molecule has 2 N–H and O–H groups in total. The number of carbonyl (C=O) groups is 3. The quantitative estimate of drug-likeness (QED) is 0.807. The summed E-state index contributed by atoms with van der Waals surface area (Å²) in [6.07, 6.45) is 5.80. The first kappa shape index (κ1) is 18.6. The molecule has 0 saturated carbocycles. The van der Waals surface area contributed by atoms with E-state index in [1.807, 2.05) is 4.57 Å². The van der Waals surface area contributed by atoms with Crippen LogP contribution in [0.2, 0.25) is 0 Å². The lowest BCUT2D eigenvalue weighted by molar-refractivity contribution is -0.147. The van der Waals surface area contributed by atoms with E-state index in [9.17, 15) is 19.5 Å². The smallest absolute Gasteiger partial charge is 0.311 e. The van der Waals surface area contributed by atoms with Gasteiger partial charge in [-0.25, -0.2) is 4.98 Å². The highest BCUT2D eigenvalue weighted by Gasteiger charge is 2.42. The Morgan fingerprint density at radius 3 is 2.81 bits per heavy atom. The molecule has 1 aromatic carbocycles. The van der Waals surface area contributed by atoms with Crippen LogP contribution in [-0.2, 0) is 16.1 Å². The van der Waals surface area contributed by atoms with Crippen LogP contribution in [-0.4, -0.2) is 50.4 Å². The number of benzene rings is 1. The van der Waals surface area contributed by atoms with Crippen LogP contribution in [0.3, 0.4) is 0 Å². The van der Waals surface area contributed by atoms with Crippen LogP contribution in [0.4, 0.5) is 5.69 Å². The third-order valence-corrected chi connectivity index (χ3v) is 4.83. The minimum Gasteiger partial charge on any atom is -0.481 e. The highest BCUT2D eigenvalue weighted by molar-refractivity contribution is 5.97. The third kappa shape index (κ3) is 4.33. The highest BCUT2D eigenvalue weighted by Crippen LogP contribution is 2.31. The predicted octanol–water partition coefficient (Wildman–Crippen LogP) is 1.85. The van der Waals surface area contributed by atoms with Crippen molar-refractivity contribution < 1.29 is 19.5 Å². The van der Waals surface area contributed by atoms with Crippen molar-refractivity contribution in [3.8, 4) is 0 Å². The standard InChI is InChI=1S/C19H22N4O4/c1-19(18(26)27)6-9-23(12-19)17(25)14-3-2-4-15(11-14)21-16(24)5-8-22-10-7-20-13-22/h2-4,7,10-11,13H,5-6,8-9,12H2,1H3,(H,21,24)(H,26,27). The summed E-state index contributed by atoms with van der Waals surface area (Å²) < 4.78 is 1.81. The van der Waals surface area contributed by atoms with Crippen molar-refractivity contribution >= 4 is 23.5 Å². The number of nitrogens with zero attached hydrogens (tertiary/aromatic N) is 3. The van der Waals surface area contributed by atoms with Crippen LogP contribution in [0.1, 0.15) is 30.1 Å². The maximum absolute atomic E-state index is 12.7. The molecule has 1 saturated heterocycles. The van der Waals surface area contributed by atoms with Crippen LogP contribution < -0.4 is 5.32 Å². The van der Waals surface area contributed by atoms with Crippen molar-refractivity contribution in [2.24, 2.45) is 5.41 Å². The molecule has 1 unspecified atom stereocenters. The molecule has 2 aromatic rings. The van der Waals surface area contributed by atoms with Crippen LogP contribution in [0.25, 0.3) is 0 Å². The van der Waals surface area contributed by atoms with Crippen molar-refractivity contribution in [1.82, 2.24) is 14.5 Å². The van der Waals surface area contributed by atoms with Gasteiger partial charge in [-0.05, 0) is 31.5 Å². The van der Waals surface area contributed by atoms with Gasteiger partial charge >= 0.3 is 5.97 Å². The summed E-state index contributed by atoms with van der Waals surface area (Å²) in [5, 5.41) is 12.1. The van der Waals surface area contributed by atoms with Crippen molar-refractivity contribution in [2.75, 3.05) is 18.4 Å². The van der Waals surface area contributed by atoms with E-state index in [4.69, 9.17) is 0 Å². The Balaban J connectivity index is 1.60. The van der Waals surface area contributed by atoms with E-state index in [-0.39, 0.29) is 24.8 Å². The molecule has 1 aromatic heterocycles. The molecule has 1 fully saturated rings. The first-order chi connectivity index (χ1) is 12.9. The molecule has 0 bridgehead atoms. The number of carboxylic acids is 1. The van der Waals surface area contributed by atoms with Crippen molar-refractivity contribution in [1.29, 1.82) is 0 Å². The zero-order valence-electron chi connectivity index (χ0n) is 15.1. The molecule has 1 atom stereocenters. The van der Waals surface area contributed by atoms with Gasteiger partial charge < -0.3 is 19.9 Å². The molecule has 27 heavy (non-hydrogen) atoms. The second-order valence-electron chi connectivity index (χ2n) is 7.02. The third-order valence-electron chi connectivity index (χ3n) is 4.83. The highest BCUT2D eigenvalue weighted by atomic mass is 16.4. The van der Waals surface area contributed by atoms with Crippen LogP contribution in [0.15, 0.2) is 43.0 Å². The number of carboxylic acid groups (broad SMARTS) is 1. The first-order valence-electron chi connectivity index (χ1n) is 8.76. The van der Waals surface area contributed by atoms with Crippen LogP contribution in [0, 0.1) is 5.41 Å². The Morgan fingerprint density at radius 1 is 1.33 bits per heavy atom. The average molecular weight is 370 g/mol. The molecule has 2 heterocycles. The summed E-state index contributed by atoms with van der Waals surface area (Å²) in [4.78, 5) is 41.6. The number of carbonyl (C=O) groups excluding carboxylic acids is 2. The normalized spacial score (nSPS) is 19.1. The fraction of sp³-hybridized carbons (Fsp3) is 0.368. The molecule has 8 heteroatoms. The van der Waals surface area contributed by atoms with E-state index in [1.54, 1.807) is 54.8 Å². The van der Waals surface area contributed by atoms with Gasteiger partial charge in [0.2, 0.25) is 5.91 Å². The lowest BCUT2D eigenvalue weighted by atomic mass is 9.90. The minimum absolute atomic E-state index is 0.159. The lowest BCUT2D eigenvalue weighted by Crippen LogP contribution is -2.34. The lowest BCUT2D eigenvalue weighted by Gasteiger charge is -2.20. The van der Waals surface area contributed by atoms with Gasteiger partial charge in [-0.3, -0.25) is 14.4 Å². The molecular weight excluding hydrogens is 348 g/mol. The van der Waals surface area contributed by atoms with Gasteiger partial charge in [0.15, 0.2) is 0 Å². The zero-order chi connectivity index (χ0) is 19.4. The summed E-state index contributed by atoms with van der Waals surface area (Å²) in [5.74, 6) is -1.28. The van der Waals surface area contributed by atoms with Crippen molar-refractivity contribution in [2.45, 2.75) is 26.3 Å². The number of aromatic nitrogens is 2. The van der Waals surface area contributed by atoms with E-state index in [2.05, 4.69) is 10.3 Å². The molecule has 8 nitrogen and oxygen atoms in total. The Morgan fingerprint density at radius 2 is 2.15 bits per heavy atom. The molecule has 0 radical (unpaired) electrons. The largest absolute Gasteiger partial charge is 0.481 e. The fourth-order valence-corrected chi connectivity index (χ4v) is 3.09. The number of imidazole rings is 1. The molecule has 0 aliphatic carbocycles. The molecule has 1 aliphatic heterocycles. The second-order valence-corrected chi connectivity index (χ2v) is 7.02. The first-order valence-corrected chi connectivity index (χ1v) is 8.76. The number of likely N-dealkylation sites (tertiary alicyclic amines) is 1. The Kier molecular flexibility index (Phi) is 5.25. The van der Waals surface area contributed by atoms with Gasteiger partial charge in [0, 0.05) is 49.7 Å². The van der Waals surface area contributed by atoms with E-state index in [0.717, 1.165) is 0 Å². The second kappa shape index (κ2) is 7.61. The number of rotatable bonds is 6. The number of aryl methyl sites for hydroxylation is 1. The molecule has 142 valence electrons. The van der Waals surface area contributed by atoms with Crippen LogP contribution in [0.5, 0.6) is 0 Å². The maximum atomic E-state index is 12.7. The Hall–Kier alpha value is -3.16. The zero-order valence-corrected chi connectivity index (χ0v) is 15.1. The number of anilines is 1. The van der Waals surface area contributed by atoms with Gasteiger partial charge in [-0.1, -0.05) is 6.07 Å². The van der Waals surface area contributed by atoms with E-state index >= 15 is 0 Å². The Labute approximate surface area is 156 Å². The van der Waals surface area contributed by atoms with E-state index in [1.165, 1.54) is 0 Å². The number of nitrogens with one attached hydrogen (secondary N) is 1. The Bertz CT molecular complexity index is 849. The van der Waals surface area contributed by atoms with Gasteiger partial charge in [-0.15, -0.1) is 0 Å². The summed E-state index contributed by atoms with van der Waals surface area (Å²) in [5.41, 5.74) is 0.0585. The number of hydrogen-bond donors (Lipinski definition) is 2. The number of amides is 2. The van der Waals surface area contributed by atoms with Gasteiger partial charge in [0.25, 0.3) is 5.91 Å². The number of aliphatic carboxylic acids is 1. The van der Waals surface area contributed by atoms with Crippen molar-refractivity contribution in [3.63, 3.8) is 0 Å². The summed E-state index contributed by atoms with van der Waals surface area (Å²) in [6.45, 7) is 2.76. The molecular formula is C19H22N4O4.